The smallest absolute Gasteiger partial charge is 0.0556 e. The van der Waals surface area contributed by atoms with Gasteiger partial charge >= 0.3 is 0 Å². The van der Waals surface area contributed by atoms with Crippen LogP contribution in [0.15, 0.2) is 18.5 Å². The number of nitrogens with zero attached hydrogens (tertiary/aromatic N) is 1. The summed E-state index contributed by atoms with van der Waals surface area (Å²) in [5.74, 6) is 0. The van der Waals surface area contributed by atoms with E-state index >= 15 is 0 Å². The lowest BCUT2D eigenvalue weighted by Crippen LogP contribution is -2.17. The lowest BCUT2D eigenvalue weighted by atomic mass is 10.3. The highest BCUT2D eigenvalue weighted by atomic mass is 16.3. The lowest BCUT2D eigenvalue weighted by Gasteiger charge is -2.00. The number of nitrogens with one attached hydrogen (secondary N) is 1. The van der Waals surface area contributed by atoms with Crippen LogP contribution in [0.3, 0.4) is 0 Å². The Morgan fingerprint density at radius 2 is 2.38 bits per heavy atom. The molecule has 1 heterocycles. The molecule has 0 amide bonds. The van der Waals surface area contributed by atoms with Gasteiger partial charge in [-0.15, -0.1) is 0 Å². The first-order valence-electron chi connectivity index (χ1n) is 4.83. The van der Waals surface area contributed by atoms with Gasteiger partial charge in [-0.2, -0.15) is 0 Å². The molecule has 0 unspecified atom stereocenters. The van der Waals surface area contributed by atoms with Gasteiger partial charge in [0.15, 0.2) is 0 Å². The maximum absolute atomic E-state index is 8.57. The molecular weight excluding hydrogens is 164 g/mol. The minimum Gasteiger partial charge on any atom is -0.395 e. The van der Waals surface area contributed by atoms with Crippen LogP contribution in [0.1, 0.15) is 18.9 Å². The molecule has 0 spiro atoms. The number of aliphatic hydroxyl groups is 1. The maximum Gasteiger partial charge on any atom is 0.0556 e. The molecule has 0 aliphatic carbocycles. The van der Waals surface area contributed by atoms with E-state index < -0.39 is 0 Å². The van der Waals surface area contributed by atoms with E-state index in [-0.39, 0.29) is 6.61 Å². The van der Waals surface area contributed by atoms with E-state index in [2.05, 4.69) is 35.3 Å². The zero-order valence-electron chi connectivity index (χ0n) is 8.16. The molecule has 1 aromatic rings. The summed E-state index contributed by atoms with van der Waals surface area (Å²) < 4.78 is 2.19. The maximum atomic E-state index is 8.57. The van der Waals surface area contributed by atoms with Crippen LogP contribution in [0, 0.1) is 0 Å². The zero-order chi connectivity index (χ0) is 9.52. The third-order valence-electron chi connectivity index (χ3n) is 1.91. The van der Waals surface area contributed by atoms with Crippen molar-refractivity contribution in [1.29, 1.82) is 0 Å². The monoisotopic (exact) mass is 182 g/mol. The summed E-state index contributed by atoms with van der Waals surface area (Å²) in [6, 6.07) is 2.11. The van der Waals surface area contributed by atoms with Crippen molar-refractivity contribution in [2.24, 2.45) is 0 Å². The largest absolute Gasteiger partial charge is 0.395 e. The number of aliphatic hydroxyl groups excluding tert-OH is 1. The molecule has 0 aromatic carbocycles. The molecule has 0 aliphatic rings. The minimum absolute atomic E-state index is 0.204. The average Bonchev–Trinajstić information content (AvgIpc) is 2.54. The van der Waals surface area contributed by atoms with Crippen LogP contribution >= 0.6 is 0 Å². The summed E-state index contributed by atoms with van der Waals surface area (Å²) in [5, 5.41) is 11.7. The first kappa shape index (κ1) is 10.3. The normalized spacial score (nSPS) is 10.6. The summed E-state index contributed by atoms with van der Waals surface area (Å²) in [6.45, 7) is 4.97. The average molecular weight is 182 g/mol. The van der Waals surface area contributed by atoms with Gasteiger partial charge in [0.1, 0.15) is 0 Å². The topological polar surface area (TPSA) is 37.2 Å². The second-order valence-electron chi connectivity index (χ2n) is 3.16. The highest BCUT2D eigenvalue weighted by Gasteiger charge is 1.94. The van der Waals surface area contributed by atoms with Gasteiger partial charge in [0.2, 0.25) is 0 Å². The lowest BCUT2D eigenvalue weighted by molar-refractivity contribution is 0.292. The summed E-state index contributed by atoms with van der Waals surface area (Å²) >= 11 is 0. The summed E-state index contributed by atoms with van der Waals surface area (Å²) in [5.41, 5.74) is 1.28. The van der Waals surface area contributed by atoms with E-state index in [1.165, 1.54) is 5.56 Å². The third kappa shape index (κ3) is 3.61. The van der Waals surface area contributed by atoms with E-state index in [1.807, 2.05) is 0 Å². The van der Waals surface area contributed by atoms with Crippen molar-refractivity contribution in [3.8, 4) is 0 Å². The number of rotatable bonds is 6. The number of aryl methyl sites for hydroxylation is 1. The first-order chi connectivity index (χ1) is 6.36. The van der Waals surface area contributed by atoms with E-state index in [0.29, 0.717) is 6.54 Å². The van der Waals surface area contributed by atoms with Crippen molar-refractivity contribution in [2.75, 3.05) is 13.2 Å². The van der Waals surface area contributed by atoms with Crippen molar-refractivity contribution >= 4 is 0 Å². The Kier molecular flexibility index (Phi) is 4.57. The predicted octanol–water partition coefficient (Wildman–Crippen LogP) is 0.980. The Balaban J connectivity index is 2.31. The molecule has 0 atom stereocenters. The Morgan fingerprint density at radius 1 is 1.54 bits per heavy atom. The standard InChI is InChI=1S/C10H18N2O/c1-2-5-12-6-3-10(9-12)8-11-4-7-13/h3,6,9,11,13H,2,4-5,7-8H2,1H3. The SMILES string of the molecule is CCCn1ccc(CNCCO)c1. The van der Waals surface area contributed by atoms with Gasteiger partial charge in [0.25, 0.3) is 0 Å². The number of aromatic nitrogens is 1. The molecule has 1 rings (SSSR count). The van der Waals surface area contributed by atoms with Gasteiger partial charge < -0.3 is 15.0 Å². The second-order valence-corrected chi connectivity index (χ2v) is 3.16. The minimum atomic E-state index is 0.204. The van der Waals surface area contributed by atoms with Gasteiger partial charge in [0.05, 0.1) is 6.61 Å². The highest BCUT2D eigenvalue weighted by molar-refractivity contribution is 5.09. The Labute approximate surface area is 79.4 Å². The van der Waals surface area contributed by atoms with Crippen LogP contribution in [-0.2, 0) is 13.1 Å². The molecule has 2 N–H and O–H groups in total. The van der Waals surface area contributed by atoms with Crippen LogP contribution in [0.5, 0.6) is 0 Å². The van der Waals surface area contributed by atoms with Crippen molar-refractivity contribution < 1.29 is 5.11 Å². The predicted molar refractivity (Wildman–Crippen MR) is 53.5 cm³/mol. The Morgan fingerprint density at radius 3 is 3.08 bits per heavy atom. The molecule has 1 aromatic heterocycles. The quantitative estimate of drug-likeness (QED) is 0.643. The molecule has 0 aliphatic heterocycles. The molecule has 3 nitrogen and oxygen atoms in total. The van der Waals surface area contributed by atoms with E-state index in [4.69, 9.17) is 5.11 Å². The fraction of sp³-hybridized carbons (Fsp3) is 0.600. The van der Waals surface area contributed by atoms with Crippen molar-refractivity contribution in [1.82, 2.24) is 9.88 Å². The van der Waals surface area contributed by atoms with Crippen molar-refractivity contribution in [3.63, 3.8) is 0 Å². The van der Waals surface area contributed by atoms with E-state index in [1.54, 1.807) is 0 Å². The zero-order valence-corrected chi connectivity index (χ0v) is 8.16. The summed E-state index contributed by atoms with van der Waals surface area (Å²) in [6.07, 6.45) is 5.41. The molecule has 74 valence electrons. The van der Waals surface area contributed by atoms with E-state index in [0.717, 1.165) is 19.5 Å². The Bertz CT molecular complexity index is 233. The third-order valence-corrected chi connectivity index (χ3v) is 1.91. The number of hydrogen-bond donors (Lipinski definition) is 2. The summed E-state index contributed by atoms with van der Waals surface area (Å²) in [7, 11) is 0. The second kappa shape index (κ2) is 5.78. The van der Waals surface area contributed by atoms with Gasteiger partial charge in [-0.05, 0) is 18.1 Å². The molecular formula is C10H18N2O. The van der Waals surface area contributed by atoms with Crippen molar-refractivity contribution in [2.45, 2.75) is 26.4 Å². The van der Waals surface area contributed by atoms with Gasteiger partial charge in [0, 0.05) is 32.0 Å². The molecule has 0 radical (unpaired) electrons. The van der Waals surface area contributed by atoms with Crippen LogP contribution < -0.4 is 5.32 Å². The van der Waals surface area contributed by atoms with Gasteiger partial charge in [-0.3, -0.25) is 0 Å². The van der Waals surface area contributed by atoms with Crippen molar-refractivity contribution in [3.05, 3.63) is 24.0 Å². The Hall–Kier alpha value is -0.800. The fourth-order valence-corrected chi connectivity index (χ4v) is 1.30. The first-order valence-corrected chi connectivity index (χ1v) is 4.83. The molecule has 0 saturated heterocycles. The molecule has 0 bridgehead atoms. The molecule has 13 heavy (non-hydrogen) atoms. The van der Waals surface area contributed by atoms with E-state index in [9.17, 15) is 0 Å². The fourth-order valence-electron chi connectivity index (χ4n) is 1.30. The van der Waals surface area contributed by atoms with Crippen LogP contribution in [0.25, 0.3) is 0 Å². The van der Waals surface area contributed by atoms with Gasteiger partial charge in [-0.1, -0.05) is 6.92 Å². The van der Waals surface area contributed by atoms with Crippen LogP contribution in [0.2, 0.25) is 0 Å². The summed E-state index contributed by atoms with van der Waals surface area (Å²) in [4.78, 5) is 0. The molecule has 3 heteroatoms. The van der Waals surface area contributed by atoms with Crippen LogP contribution in [-0.4, -0.2) is 22.8 Å². The van der Waals surface area contributed by atoms with Gasteiger partial charge in [-0.25, -0.2) is 0 Å². The molecule has 0 fully saturated rings. The molecule has 0 saturated carbocycles. The highest BCUT2D eigenvalue weighted by Crippen LogP contribution is 2.01. The van der Waals surface area contributed by atoms with Crippen LogP contribution in [0.4, 0.5) is 0 Å². The number of hydrogen-bond acceptors (Lipinski definition) is 2.